The van der Waals surface area contributed by atoms with Crippen LogP contribution in [0.25, 0.3) is 21.8 Å². The molecule has 7 heteroatoms. The Bertz CT molecular complexity index is 902. The molecule has 0 fully saturated rings. The maximum absolute atomic E-state index is 10.9. The fourth-order valence-corrected chi connectivity index (χ4v) is 3.28. The highest BCUT2D eigenvalue weighted by molar-refractivity contribution is 7.85. The van der Waals surface area contributed by atoms with Gasteiger partial charge in [-0.15, -0.1) is 0 Å². The van der Waals surface area contributed by atoms with E-state index in [2.05, 4.69) is 0 Å². The van der Waals surface area contributed by atoms with E-state index >= 15 is 0 Å². The molecular weight excluding hydrogens is 302 g/mol. The van der Waals surface area contributed by atoms with Crippen LogP contribution in [0.3, 0.4) is 0 Å². The summed E-state index contributed by atoms with van der Waals surface area (Å²) in [5.74, 6) is -0.266. The summed E-state index contributed by atoms with van der Waals surface area (Å²) >= 11 is 0. The number of anilines is 2. The molecule has 3 aromatic rings. The van der Waals surface area contributed by atoms with Gasteiger partial charge < -0.3 is 16.0 Å². The molecule has 1 heterocycles. The third kappa shape index (κ3) is 2.72. The second-order valence-electron chi connectivity index (χ2n) is 5.34. The maximum Gasteiger partial charge on any atom is 0.264 e. The Morgan fingerprint density at radius 3 is 1.91 bits per heavy atom. The molecule has 2 aromatic carbocycles. The van der Waals surface area contributed by atoms with E-state index in [4.69, 9.17) is 16.0 Å². The predicted molar refractivity (Wildman–Crippen MR) is 89.3 cm³/mol. The largest absolute Gasteiger partial charge is 0.399 e. The third-order valence-electron chi connectivity index (χ3n) is 3.70. The zero-order valence-electron chi connectivity index (χ0n) is 11.9. The fraction of sp³-hybridized carbons (Fsp3) is 0.200. The van der Waals surface area contributed by atoms with Gasteiger partial charge in [0.2, 0.25) is 0 Å². The van der Waals surface area contributed by atoms with Crippen LogP contribution >= 0.6 is 0 Å². The average Bonchev–Trinajstić information content (AvgIpc) is 2.71. The van der Waals surface area contributed by atoms with Crippen LogP contribution in [0.2, 0.25) is 0 Å². The minimum Gasteiger partial charge on any atom is -0.399 e. The monoisotopic (exact) mass is 319 g/mol. The number of aromatic nitrogens is 1. The van der Waals surface area contributed by atoms with E-state index in [0.717, 1.165) is 21.8 Å². The number of nitrogen functional groups attached to an aromatic ring is 2. The van der Waals surface area contributed by atoms with Crippen molar-refractivity contribution < 1.29 is 13.0 Å². The Hall–Kier alpha value is -2.25. The summed E-state index contributed by atoms with van der Waals surface area (Å²) in [5, 5.41) is 1.96. The van der Waals surface area contributed by atoms with E-state index in [1.807, 2.05) is 41.0 Å². The van der Waals surface area contributed by atoms with Crippen LogP contribution in [0.4, 0.5) is 11.4 Å². The van der Waals surface area contributed by atoms with Gasteiger partial charge in [-0.1, -0.05) is 0 Å². The standard InChI is InChI=1S/C15H17N3O3S/c16-10-2-4-14-12(8-10)13-9-11(17)3-5-15(13)18(14)6-1-7-22(19,20)21/h2-5,8-9H,1,6-7,16-17H2,(H,19,20,21). The number of nitrogens with two attached hydrogens (primary N) is 2. The van der Waals surface area contributed by atoms with Crippen molar-refractivity contribution in [1.29, 1.82) is 0 Å². The number of rotatable bonds is 4. The predicted octanol–water partition coefficient (Wildman–Crippen LogP) is 2.24. The van der Waals surface area contributed by atoms with Gasteiger partial charge in [-0.2, -0.15) is 8.42 Å². The van der Waals surface area contributed by atoms with Crippen LogP contribution in [0.15, 0.2) is 36.4 Å². The fourth-order valence-electron chi connectivity index (χ4n) is 2.79. The molecule has 0 radical (unpaired) electrons. The average molecular weight is 319 g/mol. The molecular formula is C15H17N3O3S. The van der Waals surface area contributed by atoms with E-state index < -0.39 is 10.1 Å². The van der Waals surface area contributed by atoms with Crippen molar-refractivity contribution in [2.45, 2.75) is 13.0 Å². The van der Waals surface area contributed by atoms with Crippen molar-refractivity contribution in [2.24, 2.45) is 0 Å². The van der Waals surface area contributed by atoms with Gasteiger partial charge in [0.05, 0.1) is 5.75 Å². The molecule has 0 bridgehead atoms. The molecule has 5 N–H and O–H groups in total. The summed E-state index contributed by atoms with van der Waals surface area (Å²) in [4.78, 5) is 0. The van der Waals surface area contributed by atoms with Crippen LogP contribution in [-0.4, -0.2) is 23.3 Å². The van der Waals surface area contributed by atoms with Crippen molar-refractivity contribution in [3.63, 3.8) is 0 Å². The number of hydrogen-bond acceptors (Lipinski definition) is 4. The molecule has 3 rings (SSSR count). The van der Waals surface area contributed by atoms with E-state index in [9.17, 15) is 8.42 Å². The molecule has 0 aliphatic heterocycles. The van der Waals surface area contributed by atoms with Crippen LogP contribution in [0.5, 0.6) is 0 Å². The van der Waals surface area contributed by atoms with Gasteiger partial charge in [-0.05, 0) is 42.8 Å². The number of fused-ring (bicyclic) bond motifs is 3. The quantitative estimate of drug-likeness (QED) is 0.504. The number of nitrogens with zero attached hydrogens (tertiary/aromatic N) is 1. The van der Waals surface area contributed by atoms with Gasteiger partial charge in [-0.25, -0.2) is 0 Å². The summed E-state index contributed by atoms with van der Waals surface area (Å²) in [5.41, 5.74) is 15.0. The Kier molecular flexibility index (Phi) is 3.46. The van der Waals surface area contributed by atoms with E-state index in [-0.39, 0.29) is 5.75 Å². The summed E-state index contributed by atoms with van der Waals surface area (Å²) in [7, 11) is -3.95. The first kappa shape index (κ1) is 14.7. The highest BCUT2D eigenvalue weighted by Crippen LogP contribution is 2.32. The second kappa shape index (κ2) is 5.19. The molecule has 0 saturated carbocycles. The molecule has 0 spiro atoms. The smallest absolute Gasteiger partial charge is 0.264 e. The minimum atomic E-state index is -3.95. The van der Waals surface area contributed by atoms with Gasteiger partial charge in [0, 0.05) is 39.7 Å². The Morgan fingerprint density at radius 1 is 0.955 bits per heavy atom. The van der Waals surface area contributed by atoms with Gasteiger partial charge >= 0.3 is 0 Å². The molecule has 6 nitrogen and oxygen atoms in total. The van der Waals surface area contributed by atoms with Gasteiger partial charge in [0.15, 0.2) is 0 Å². The van der Waals surface area contributed by atoms with Crippen LogP contribution in [0.1, 0.15) is 6.42 Å². The van der Waals surface area contributed by atoms with Crippen molar-refractivity contribution in [1.82, 2.24) is 4.57 Å². The van der Waals surface area contributed by atoms with Crippen molar-refractivity contribution in [3.8, 4) is 0 Å². The topological polar surface area (TPSA) is 111 Å². The highest BCUT2D eigenvalue weighted by Gasteiger charge is 2.12. The van der Waals surface area contributed by atoms with Gasteiger partial charge in [-0.3, -0.25) is 4.55 Å². The summed E-state index contributed by atoms with van der Waals surface area (Å²) in [6, 6.07) is 11.2. The third-order valence-corrected chi connectivity index (χ3v) is 4.50. The SMILES string of the molecule is Nc1ccc2c(c1)c1cc(N)ccc1n2CCCS(=O)(=O)O. The lowest BCUT2D eigenvalue weighted by molar-refractivity contribution is 0.479. The normalized spacial score (nSPS) is 12.2. The summed E-state index contributed by atoms with van der Waals surface area (Å²) in [6.07, 6.45) is 0.326. The Balaban J connectivity index is 2.14. The van der Waals surface area contributed by atoms with E-state index in [1.165, 1.54) is 0 Å². The first-order valence-corrected chi connectivity index (χ1v) is 8.48. The Morgan fingerprint density at radius 2 is 1.45 bits per heavy atom. The molecule has 0 aliphatic rings. The molecule has 0 aliphatic carbocycles. The lowest BCUT2D eigenvalue weighted by Gasteiger charge is -2.07. The highest BCUT2D eigenvalue weighted by atomic mass is 32.2. The number of hydrogen-bond donors (Lipinski definition) is 3. The molecule has 0 amide bonds. The zero-order valence-corrected chi connectivity index (χ0v) is 12.7. The number of benzene rings is 2. The molecule has 0 atom stereocenters. The number of aryl methyl sites for hydroxylation is 1. The van der Waals surface area contributed by atoms with E-state index in [1.54, 1.807) is 0 Å². The Labute approximate surface area is 128 Å². The van der Waals surface area contributed by atoms with Crippen molar-refractivity contribution in [2.75, 3.05) is 17.2 Å². The first-order valence-electron chi connectivity index (χ1n) is 6.87. The van der Waals surface area contributed by atoms with Crippen LogP contribution in [0, 0.1) is 0 Å². The maximum atomic E-state index is 10.9. The summed E-state index contributed by atoms with van der Waals surface area (Å²) < 4.78 is 32.7. The van der Waals surface area contributed by atoms with Gasteiger partial charge in [0.1, 0.15) is 0 Å². The second-order valence-corrected chi connectivity index (χ2v) is 6.92. The zero-order chi connectivity index (χ0) is 15.9. The van der Waals surface area contributed by atoms with Gasteiger partial charge in [0.25, 0.3) is 10.1 Å². The molecule has 1 aromatic heterocycles. The van der Waals surface area contributed by atoms with Crippen LogP contribution in [-0.2, 0) is 16.7 Å². The molecule has 0 unspecified atom stereocenters. The molecule has 116 valence electrons. The summed E-state index contributed by atoms with van der Waals surface area (Å²) in [6.45, 7) is 0.480. The van der Waals surface area contributed by atoms with Crippen LogP contribution < -0.4 is 11.5 Å². The first-order chi connectivity index (χ1) is 10.3. The lowest BCUT2D eigenvalue weighted by atomic mass is 10.1. The van der Waals surface area contributed by atoms with Crippen molar-refractivity contribution in [3.05, 3.63) is 36.4 Å². The van der Waals surface area contributed by atoms with Crippen molar-refractivity contribution >= 4 is 43.3 Å². The van der Waals surface area contributed by atoms with E-state index in [0.29, 0.717) is 24.3 Å². The molecule has 22 heavy (non-hydrogen) atoms. The molecule has 0 saturated heterocycles. The minimum absolute atomic E-state index is 0.266. The lowest BCUT2D eigenvalue weighted by Crippen LogP contribution is -2.08.